The molecule has 1 rings (SSSR count). The Morgan fingerprint density at radius 1 is 1.14 bits per heavy atom. The smallest absolute Gasteiger partial charge is 0.500 e. The lowest BCUT2D eigenvalue weighted by molar-refractivity contribution is -0.696. The normalized spacial score (nSPS) is 11.4. The molecule has 1 aromatic heterocycles. The van der Waals surface area contributed by atoms with Gasteiger partial charge < -0.3 is 30.3 Å². The molecular weight excluding hydrogens is 372 g/mol. The first-order chi connectivity index (χ1) is 9.69. The molecule has 0 N–H and O–H groups in total. The summed E-state index contributed by atoms with van der Waals surface area (Å²) in [5.41, 5.74) is 0. The lowest BCUT2D eigenvalue weighted by atomic mass is 10.3. The molecule has 0 spiro atoms. The van der Waals surface area contributed by atoms with Crippen LogP contribution in [0.15, 0.2) is 18.7 Å². The highest BCUT2D eigenvalue weighted by Crippen LogP contribution is 2.17. The summed E-state index contributed by atoms with van der Waals surface area (Å²) in [5, 5.41) is 0. The Hall–Kier alpha value is 0.137. The number of unbranched alkanes of at least 4 members (excludes halogenated alkanes) is 1. The van der Waals surface area contributed by atoms with Crippen LogP contribution in [0.3, 0.4) is 0 Å². The van der Waals surface area contributed by atoms with Crippen LogP contribution in [0.4, 0.5) is 0 Å². The van der Waals surface area contributed by atoms with Gasteiger partial charge in [0.25, 0.3) is 6.33 Å². The molecule has 0 fully saturated rings. The number of halogens is 1. The molecule has 124 valence electrons. The molecule has 0 aliphatic heterocycles. The second kappa shape index (κ2) is 11.7. The van der Waals surface area contributed by atoms with Crippen molar-refractivity contribution in [3.63, 3.8) is 0 Å². The third-order valence-electron chi connectivity index (χ3n) is 3.24. The summed E-state index contributed by atoms with van der Waals surface area (Å²) in [4.78, 5) is 0. The van der Waals surface area contributed by atoms with E-state index in [4.69, 9.17) is 13.3 Å². The van der Waals surface area contributed by atoms with Gasteiger partial charge in [0.2, 0.25) is 0 Å². The molecule has 0 aliphatic carbocycles. The number of aryl methyl sites for hydroxylation is 1. The Bertz CT molecular complexity index is 370. The van der Waals surface area contributed by atoms with Gasteiger partial charge in [-0.2, -0.15) is 3.97 Å². The van der Waals surface area contributed by atoms with Gasteiger partial charge in [0.1, 0.15) is 12.4 Å². The molecule has 0 amide bonds. The van der Waals surface area contributed by atoms with Crippen molar-refractivity contribution in [2.75, 3.05) is 27.1 Å². The third-order valence-corrected chi connectivity index (χ3v) is 7.06. The molecule has 21 heavy (non-hydrogen) atoms. The van der Waals surface area contributed by atoms with Gasteiger partial charge in [-0.1, -0.05) is 13.3 Å². The highest BCUT2D eigenvalue weighted by atomic mass is 79.9. The van der Waals surface area contributed by atoms with Crippen molar-refractivity contribution < 1.29 is 34.8 Å². The van der Waals surface area contributed by atoms with Gasteiger partial charge in [-0.3, -0.25) is 0 Å². The maximum absolute atomic E-state index is 5.41. The van der Waals surface area contributed by atoms with Crippen molar-refractivity contribution in [2.45, 2.75) is 38.8 Å². The Labute approximate surface area is 144 Å². The molecule has 0 atom stereocenters. The molecule has 0 aliphatic rings. The maximum Gasteiger partial charge on any atom is 0.500 e. The van der Waals surface area contributed by atoms with Gasteiger partial charge in [0, 0.05) is 33.1 Å². The van der Waals surface area contributed by atoms with E-state index in [-0.39, 0.29) is 17.0 Å². The number of imidazole rings is 1. The first-order valence-electron chi connectivity index (χ1n) is 7.05. The van der Waals surface area contributed by atoms with Crippen LogP contribution in [-0.4, -0.2) is 39.9 Å². The van der Waals surface area contributed by atoms with E-state index in [1.807, 2.05) is 0 Å². The zero-order valence-corrected chi connectivity index (χ0v) is 16.8. The number of hydrogen-bond acceptors (Lipinski definition) is 4. The summed E-state index contributed by atoms with van der Waals surface area (Å²) in [6.45, 7) is 3.31. The fourth-order valence-electron chi connectivity index (χ4n) is 1.94. The molecule has 0 aromatic carbocycles. The zero-order valence-electron chi connectivity index (χ0n) is 13.4. The van der Waals surface area contributed by atoms with Crippen LogP contribution < -0.4 is 21.5 Å². The predicted molar refractivity (Wildman–Crippen MR) is 83.6 cm³/mol. The Kier molecular flexibility index (Phi) is 11.7. The van der Waals surface area contributed by atoms with Crippen LogP contribution in [0.25, 0.3) is 0 Å². The van der Waals surface area contributed by atoms with E-state index >= 15 is 0 Å². The minimum atomic E-state index is -2.40. The fraction of sp³-hybridized carbons (Fsp3) is 0.769. The Morgan fingerprint density at radius 3 is 2.38 bits per heavy atom. The largest absolute Gasteiger partial charge is 1.00 e. The Morgan fingerprint density at radius 2 is 1.81 bits per heavy atom. The van der Waals surface area contributed by atoms with Crippen LogP contribution in [0.2, 0.25) is 6.04 Å². The SMILES string of the molecule is CCCC[n+]1ccn(SCCC[Si](OC)(OC)OC)c1.[Br-]. The second-order valence-corrected chi connectivity index (χ2v) is 8.78. The highest BCUT2D eigenvalue weighted by Gasteiger charge is 2.36. The first kappa shape index (κ1) is 21.1. The van der Waals surface area contributed by atoms with Crippen molar-refractivity contribution in [1.82, 2.24) is 3.97 Å². The molecule has 0 bridgehead atoms. The monoisotopic (exact) mass is 398 g/mol. The number of hydrogen-bond donors (Lipinski definition) is 0. The molecule has 0 saturated carbocycles. The van der Waals surface area contributed by atoms with Crippen LogP contribution in [0.1, 0.15) is 26.2 Å². The molecule has 0 saturated heterocycles. The standard InChI is InChI=1S/C13H27N2O3SSi.BrH/c1-5-6-8-14-9-10-15(13-14)19-11-7-12-20(16-2,17-3)18-4;/h9-10,13H,5-8,11-12H2,1-4H3;1H/q+1;/p-1. The summed E-state index contributed by atoms with van der Waals surface area (Å²) >= 11 is 1.80. The van der Waals surface area contributed by atoms with Crippen LogP contribution >= 0.6 is 11.9 Å². The van der Waals surface area contributed by atoms with Crippen LogP contribution in [-0.2, 0) is 19.8 Å². The lowest BCUT2D eigenvalue weighted by Crippen LogP contribution is -3.00. The van der Waals surface area contributed by atoms with Crippen molar-refractivity contribution in [3.8, 4) is 0 Å². The fourth-order valence-corrected chi connectivity index (χ4v) is 4.73. The second-order valence-electron chi connectivity index (χ2n) is 4.60. The van der Waals surface area contributed by atoms with E-state index in [9.17, 15) is 0 Å². The topological polar surface area (TPSA) is 36.5 Å². The maximum atomic E-state index is 5.41. The number of nitrogens with zero attached hydrogens (tertiary/aromatic N) is 2. The molecule has 1 aromatic rings. The molecular formula is C13H27BrN2O3SSi. The lowest BCUT2D eigenvalue weighted by Gasteiger charge is -2.23. The van der Waals surface area contributed by atoms with E-state index < -0.39 is 8.80 Å². The Balaban J connectivity index is 0.00000400. The van der Waals surface area contributed by atoms with E-state index in [1.165, 1.54) is 12.8 Å². The van der Waals surface area contributed by atoms with Crippen molar-refractivity contribution in [2.24, 2.45) is 0 Å². The van der Waals surface area contributed by atoms with E-state index in [0.717, 1.165) is 24.8 Å². The summed E-state index contributed by atoms with van der Waals surface area (Å²) in [7, 11) is 2.59. The van der Waals surface area contributed by atoms with Crippen molar-refractivity contribution in [3.05, 3.63) is 18.7 Å². The van der Waals surface area contributed by atoms with Gasteiger partial charge in [0.15, 0.2) is 0 Å². The van der Waals surface area contributed by atoms with Gasteiger partial charge in [0.05, 0.1) is 18.5 Å². The number of rotatable bonds is 11. The molecule has 1 heterocycles. The van der Waals surface area contributed by atoms with Gasteiger partial charge >= 0.3 is 8.80 Å². The quantitative estimate of drug-likeness (QED) is 0.281. The summed E-state index contributed by atoms with van der Waals surface area (Å²) < 4.78 is 20.6. The molecule has 0 unspecified atom stereocenters. The average Bonchev–Trinajstić information content (AvgIpc) is 2.94. The van der Waals surface area contributed by atoms with E-state index in [2.05, 4.69) is 34.2 Å². The van der Waals surface area contributed by atoms with E-state index in [1.54, 1.807) is 33.3 Å². The minimum Gasteiger partial charge on any atom is -1.00 e. The highest BCUT2D eigenvalue weighted by molar-refractivity contribution is 7.97. The van der Waals surface area contributed by atoms with E-state index in [0.29, 0.717) is 0 Å². The molecule has 8 heteroatoms. The first-order valence-corrected chi connectivity index (χ1v) is 9.93. The zero-order chi connectivity index (χ0) is 14.8. The average molecular weight is 399 g/mol. The minimum absolute atomic E-state index is 0. The summed E-state index contributed by atoms with van der Waals surface area (Å²) in [5.74, 6) is 1.02. The van der Waals surface area contributed by atoms with Crippen molar-refractivity contribution >= 4 is 20.8 Å². The van der Waals surface area contributed by atoms with Gasteiger partial charge in [-0.25, -0.2) is 4.57 Å². The third kappa shape index (κ3) is 7.29. The molecule has 0 radical (unpaired) electrons. The van der Waals surface area contributed by atoms with Gasteiger partial charge in [-0.15, -0.1) is 0 Å². The van der Waals surface area contributed by atoms with Crippen LogP contribution in [0.5, 0.6) is 0 Å². The molecule has 5 nitrogen and oxygen atoms in total. The predicted octanol–water partition coefficient (Wildman–Crippen LogP) is -0.656. The van der Waals surface area contributed by atoms with Crippen molar-refractivity contribution in [1.29, 1.82) is 0 Å². The summed E-state index contributed by atoms with van der Waals surface area (Å²) in [6.07, 6.45) is 9.84. The van der Waals surface area contributed by atoms with Gasteiger partial charge in [-0.05, 0) is 12.8 Å². The van der Waals surface area contributed by atoms with Crippen LogP contribution in [0, 0.1) is 0 Å². The number of aromatic nitrogens is 2. The summed E-state index contributed by atoms with van der Waals surface area (Å²) in [6, 6.07) is 0.848.